The molecule has 0 unspecified atom stereocenters. The summed E-state index contributed by atoms with van der Waals surface area (Å²) in [7, 11) is -3.51. The van der Waals surface area contributed by atoms with E-state index in [1.165, 1.54) is 6.20 Å². The van der Waals surface area contributed by atoms with Gasteiger partial charge in [0.1, 0.15) is 5.65 Å². The summed E-state index contributed by atoms with van der Waals surface area (Å²) in [6.45, 7) is 0. The van der Waals surface area contributed by atoms with Gasteiger partial charge in [-0.05, 0) is 40.9 Å². The van der Waals surface area contributed by atoms with Crippen molar-refractivity contribution < 1.29 is 8.42 Å². The van der Waals surface area contributed by atoms with Crippen LogP contribution in [0.25, 0.3) is 5.65 Å². The molecule has 0 bridgehead atoms. The second-order valence-corrected chi connectivity index (χ2v) is 7.35. The molecular formula is C12H14BrN3O2S. The van der Waals surface area contributed by atoms with Crippen LogP contribution >= 0.6 is 15.9 Å². The summed E-state index contributed by atoms with van der Waals surface area (Å²) in [4.78, 5) is 4.12. The number of halogens is 1. The van der Waals surface area contributed by atoms with E-state index in [-0.39, 0.29) is 11.1 Å². The average molecular weight is 344 g/mol. The molecule has 0 atom stereocenters. The lowest BCUT2D eigenvalue weighted by Crippen LogP contribution is -2.33. The molecule has 0 aliphatic heterocycles. The topological polar surface area (TPSA) is 63.5 Å². The zero-order chi connectivity index (χ0) is 13.5. The maximum Gasteiger partial charge on any atom is 0.258 e. The van der Waals surface area contributed by atoms with Crippen LogP contribution < -0.4 is 4.72 Å². The van der Waals surface area contributed by atoms with Crippen molar-refractivity contribution in [3.8, 4) is 0 Å². The van der Waals surface area contributed by atoms with Crippen molar-refractivity contribution in [2.24, 2.45) is 0 Å². The van der Waals surface area contributed by atoms with Gasteiger partial charge < -0.3 is 0 Å². The van der Waals surface area contributed by atoms with Crippen molar-refractivity contribution >= 4 is 31.6 Å². The summed E-state index contributed by atoms with van der Waals surface area (Å²) < 4.78 is 29.9. The first-order chi connectivity index (χ1) is 9.06. The maximum absolute atomic E-state index is 12.4. The Hall–Kier alpha value is -0.920. The highest BCUT2D eigenvalue weighted by Crippen LogP contribution is 2.21. The highest BCUT2D eigenvalue weighted by molar-refractivity contribution is 9.10. The first kappa shape index (κ1) is 13.1. The van der Waals surface area contributed by atoms with E-state index < -0.39 is 10.0 Å². The molecule has 0 radical (unpaired) electrons. The molecule has 19 heavy (non-hydrogen) atoms. The summed E-state index contributed by atoms with van der Waals surface area (Å²) in [5.41, 5.74) is 0.620. The van der Waals surface area contributed by atoms with Crippen LogP contribution in [0.15, 0.2) is 34.0 Å². The third-order valence-corrected chi connectivity index (χ3v) is 5.35. The largest absolute Gasteiger partial charge is 0.288 e. The van der Waals surface area contributed by atoms with Crippen molar-refractivity contribution in [2.45, 2.75) is 36.8 Å². The van der Waals surface area contributed by atoms with Gasteiger partial charge in [-0.2, -0.15) is 0 Å². The zero-order valence-electron chi connectivity index (χ0n) is 10.2. The Bertz CT molecular complexity index is 705. The predicted octanol–water partition coefficient (Wildman–Crippen LogP) is 2.32. The van der Waals surface area contributed by atoms with Crippen LogP contribution in [0.5, 0.6) is 0 Å². The molecule has 1 aliphatic carbocycles. The van der Waals surface area contributed by atoms with Gasteiger partial charge in [0.05, 0.1) is 6.20 Å². The molecular weight excluding hydrogens is 330 g/mol. The smallest absolute Gasteiger partial charge is 0.258 e. The number of nitrogens with one attached hydrogen (secondary N) is 1. The molecule has 0 saturated heterocycles. The normalized spacial score (nSPS) is 17.3. The van der Waals surface area contributed by atoms with Gasteiger partial charge in [-0.3, -0.25) is 4.40 Å². The second kappa shape index (κ2) is 4.88. The van der Waals surface area contributed by atoms with E-state index in [1.807, 2.05) is 6.07 Å². The lowest BCUT2D eigenvalue weighted by molar-refractivity contribution is 0.548. The monoisotopic (exact) mass is 343 g/mol. The first-order valence-corrected chi connectivity index (χ1v) is 8.49. The fraction of sp³-hybridized carbons (Fsp3) is 0.417. The third kappa shape index (κ3) is 2.54. The number of fused-ring (bicyclic) bond motifs is 1. The molecule has 5 nitrogen and oxygen atoms in total. The third-order valence-electron chi connectivity index (χ3n) is 3.39. The Morgan fingerprint density at radius 1 is 1.32 bits per heavy atom. The van der Waals surface area contributed by atoms with Gasteiger partial charge >= 0.3 is 0 Å². The van der Waals surface area contributed by atoms with Crippen LogP contribution in [0.2, 0.25) is 0 Å². The Morgan fingerprint density at radius 3 is 2.79 bits per heavy atom. The zero-order valence-corrected chi connectivity index (χ0v) is 12.6. The molecule has 0 spiro atoms. The Kier molecular flexibility index (Phi) is 3.36. The summed E-state index contributed by atoms with van der Waals surface area (Å²) in [6.07, 6.45) is 7.13. The number of imidazole rings is 1. The van der Waals surface area contributed by atoms with Gasteiger partial charge in [0.2, 0.25) is 0 Å². The quantitative estimate of drug-likeness (QED) is 0.929. The predicted molar refractivity (Wildman–Crippen MR) is 75.5 cm³/mol. The van der Waals surface area contributed by atoms with Gasteiger partial charge in [-0.25, -0.2) is 18.1 Å². The van der Waals surface area contributed by atoms with Crippen LogP contribution in [-0.4, -0.2) is 23.8 Å². The van der Waals surface area contributed by atoms with Gasteiger partial charge in [0.15, 0.2) is 5.03 Å². The maximum atomic E-state index is 12.4. The summed E-state index contributed by atoms with van der Waals surface area (Å²) in [6, 6.07) is 3.67. The summed E-state index contributed by atoms with van der Waals surface area (Å²) in [5, 5.41) is 0.190. The molecule has 1 fully saturated rings. The van der Waals surface area contributed by atoms with E-state index in [4.69, 9.17) is 0 Å². The lowest BCUT2D eigenvalue weighted by atomic mass is 10.3. The molecule has 102 valence electrons. The highest BCUT2D eigenvalue weighted by Gasteiger charge is 2.25. The molecule has 2 heterocycles. The minimum atomic E-state index is -3.51. The number of aromatic nitrogens is 2. The SMILES string of the molecule is O=S(=O)(NC1CCCC1)c1cnc2ccc(Br)cn12. The van der Waals surface area contributed by atoms with E-state index in [2.05, 4.69) is 25.6 Å². The van der Waals surface area contributed by atoms with E-state index in [0.29, 0.717) is 5.65 Å². The Morgan fingerprint density at radius 2 is 2.05 bits per heavy atom. The molecule has 7 heteroatoms. The number of nitrogens with zero attached hydrogens (tertiary/aromatic N) is 2. The van der Waals surface area contributed by atoms with Gasteiger partial charge in [0, 0.05) is 16.7 Å². The fourth-order valence-corrected chi connectivity index (χ4v) is 4.18. The molecule has 2 aromatic heterocycles. The number of pyridine rings is 1. The molecule has 2 aromatic rings. The number of hydrogen-bond donors (Lipinski definition) is 1. The van der Waals surface area contributed by atoms with Gasteiger partial charge in [-0.15, -0.1) is 0 Å². The van der Waals surface area contributed by atoms with Gasteiger partial charge in [-0.1, -0.05) is 12.8 Å². The first-order valence-electron chi connectivity index (χ1n) is 6.21. The molecule has 0 aromatic carbocycles. The number of sulfonamides is 1. The van der Waals surface area contributed by atoms with E-state index in [1.54, 1.807) is 16.7 Å². The average Bonchev–Trinajstić information content (AvgIpc) is 2.96. The molecule has 1 saturated carbocycles. The standard InChI is InChI=1S/C12H14BrN3O2S/c13-9-5-6-11-14-7-12(16(11)8-9)19(17,18)15-10-3-1-2-4-10/h5-8,10,15H,1-4H2. The number of rotatable bonds is 3. The molecule has 3 rings (SSSR count). The molecule has 0 amide bonds. The highest BCUT2D eigenvalue weighted by atomic mass is 79.9. The Labute approximate surface area is 120 Å². The van der Waals surface area contributed by atoms with Crippen molar-refractivity contribution in [1.29, 1.82) is 0 Å². The Balaban J connectivity index is 2.00. The molecule has 1 aliphatic rings. The van der Waals surface area contributed by atoms with Crippen LogP contribution in [0.3, 0.4) is 0 Å². The summed E-state index contributed by atoms with van der Waals surface area (Å²) >= 11 is 3.34. The number of hydrogen-bond acceptors (Lipinski definition) is 3. The van der Waals surface area contributed by atoms with E-state index in [9.17, 15) is 8.42 Å². The molecule has 1 N–H and O–H groups in total. The van der Waals surface area contributed by atoms with Crippen molar-refractivity contribution in [1.82, 2.24) is 14.1 Å². The second-order valence-electron chi connectivity index (χ2n) is 4.77. The van der Waals surface area contributed by atoms with E-state index >= 15 is 0 Å². The van der Waals surface area contributed by atoms with Crippen molar-refractivity contribution in [2.75, 3.05) is 0 Å². The van der Waals surface area contributed by atoms with Crippen molar-refractivity contribution in [3.05, 3.63) is 29.0 Å². The lowest BCUT2D eigenvalue weighted by Gasteiger charge is -2.12. The minimum absolute atomic E-state index is 0.0581. The minimum Gasteiger partial charge on any atom is -0.288 e. The fourth-order valence-electron chi connectivity index (χ4n) is 2.45. The van der Waals surface area contributed by atoms with Crippen LogP contribution in [0.4, 0.5) is 0 Å². The van der Waals surface area contributed by atoms with Gasteiger partial charge in [0.25, 0.3) is 10.0 Å². The van der Waals surface area contributed by atoms with E-state index in [0.717, 1.165) is 30.2 Å². The summed E-state index contributed by atoms with van der Waals surface area (Å²) in [5.74, 6) is 0. The van der Waals surface area contributed by atoms with Crippen LogP contribution in [0, 0.1) is 0 Å². The van der Waals surface area contributed by atoms with Crippen LogP contribution in [-0.2, 0) is 10.0 Å². The van der Waals surface area contributed by atoms with Crippen molar-refractivity contribution in [3.63, 3.8) is 0 Å². The van der Waals surface area contributed by atoms with Crippen LogP contribution in [0.1, 0.15) is 25.7 Å².